The molecule has 0 fully saturated rings. The van der Waals surface area contributed by atoms with Gasteiger partial charge in [-0.05, 0) is 40.8 Å². The minimum absolute atomic E-state index is 0.117. The van der Waals surface area contributed by atoms with Crippen LogP contribution in [0, 0.1) is 14.9 Å². The maximum atomic E-state index is 11.4. The first-order valence-corrected chi connectivity index (χ1v) is 10.6. The van der Waals surface area contributed by atoms with Crippen molar-refractivity contribution in [2.45, 2.75) is 13.2 Å². The first kappa shape index (κ1) is 22.6. The number of hydrogen-bond acceptors (Lipinski definition) is 5. The average Bonchev–Trinajstić information content (AvgIpc) is 2.76. The van der Waals surface area contributed by atoms with Crippen LogP contribution in [0.2, 0.25) is 15.1 Å². The zero-order valence-corrected chi connectivity index (χ0v) is 19.6. The first-order valence-electron chi connectivity index (χ1n) is 8.43. The number of nitrogens with zero attached hydrogens (tertiary/aromatic N) is 2. The Morgan fingerprint density at radius 1 is 1.03 bits per heavy atom. The molecule has 30 heavy (non-hydrogen) atoms. The van der Waals surface area contributed by atoms with E-state index < -0.39 is 0 Å². The summed E-state index contributed by atoms with van der Waals surface area (Å²) in [4.78, 5) is 15.4. The fourth-order valence-electron chi connectivity index (χ4n) is 2.50. The van der Waals surface area contributed by atoms with Crippen molar-refractivity contribution >= 4 is 63.7 Å². The summed E-state index contributed by atoms with van der Waals surface area (Å²) < 4.78 is 12.3. The van der Waals surface area contributed by atoms with E-state index in [4.69, 9.17) is 49.5 Å². The minimum atomic E-state index is 0.117. The quantitative estimate of drug-likeness (QED) is 0.184. The van der Waals surface area contributed by atoms with Crippen molar-refractivity contribution in [2.24, 2.45) is 0 Å². The lowest BCUT2D eigenvalue weighted by atomic mass is 10.2. The Hall–Kier alpha value is -2.05. The molecule has 152 valence electrons. The number of pyridine rings is 1. The maximum Gasteiger partial charge on any atom is 0.153 e. The fraction of sp³-hybridized carbons (Fsp3) is 0.0952. The van der Waals surface area contributed by atoms with Gasteiger partial charge in [-0.2, -0.15) is 5.26 Å². The van der Waals surface area contributed by atoms with E-state index in [9.17, 15) is 4.79 Å². The third-order valence-electron chi connectivity index (χ3n) is 4.01. The Bertz CT molecular complexity index is 1150. The Balaban J connectivity index is 1.80. The second-order valence-electron chi connectivity index (χ2n) is 6.04. The number of rotatable bonds is 7. The van der Waals surface area contributed by atoms with Gasteiger partial charge in [0, 0.05) is 29.6 Å². The van der Waals surface area contributed by atoms with Gasteiger partial charge >= 0.3 is 0 Å². The molecule has 0 saturated heterocycles. The molecule has 5 nitrogen and oxygen atoms in total. The lowest BCUT2D eigenvalue weighted by Crippen LogP contribution is -2.02. The van der Waals surface area contributed by atoms with Gasteiger partial charge in [-0.15, -0.1) is 0 Å². The Labute approximate surface area is 201 Å². The van der Waals surface area contributed by atoms with E-state index in [1.807, 2.05) is 6.07 Å². The SMILES string of the molecule is N#Cc1cncc(COc2cc(OCc3ccc(Cl)c(I)c3Cl)c(Cl)cc2C=O)c1. The predicted molar refractivity (Wildman–Crippen MR) is 124 cm³/mol. The van der Waals surface area contributed by atoms with Crippen LogP contribution in [0.25, 0.3) is 0 Å². The van der Waals surface area contributed by atoms with Gasteiger partial charge in [0.25, 0.3) is 0 Å². The molecule has 3 aromatic rings. The van der Waals surface area contributed by atoms with Crippen molar-refractivity contribution in [3.05, 3.63) is 83.6 Å². The highest BCUT2D eigenvalue weighted by Crippen LogP contribution is 2.35. The van der Waals surface area contributed by atoms with Crippen molar-refractivity contribution in [1.82, 2.24) is 4.98 Å². The van der Waals surface area contributed by atoms with Gasteiger partial charge in [-0.1, -0.05) is 40.9 Å². The van der Waals surface area contributed by atoms with Gasteiger partial charge in [0.2, 0.25) is 0 Å². The molecule has 0 spiro atoms. The molecule has 0 saturated carbocycles. The molecule has 3 rings (SSSR count). The molecule has 0 amide bonds. The van der Waals surface area contributed by atoms with E-state index in [2.05, 4.69) is 27.6 Å². The predicted octanol–water partition coefficient (Wildman–Crippen LogP) is 6.49. The number of carbonyl (C=O) groups is 1. The molecule has 0 radical (unpaired) electrons. The average molecular weight is 574 g/mol. The Morgan fingerprint density at radius 3 is 2.53 bits per heavy atom. The Kier molecular flexibility index (Phi) is 7.78. The highest BCUT2D eigenvalue weighted by atomic mass is 127. The maximum absolute atomic E-state index is 11.4. The number of benzene rings is 2. The van der Waals surface area contributed by atoms with Gasteiger partial charge in [0.05, 0.1) is 29.8 Å². The van der Waals surface area contributed by atoms with Gasteiger partial charge in [-0.3, -0.25) is 9.78 Å². The third kappa shape index (κ3) is 5.35. The number of nitriles is 1. The van der Waals surface area contributed by atoms with Crippen LogP contribution in [0.5, 0.6) is 11.5 Å². The standard InChI is InChI=1S/C21H12Cl3IN2O3/c22-16-2-1-14(20(24)21(16)25)11-30-19-5-18(15(9-28)4-17(19)23)29-10-13-3-12(6-26)7-27-8-13/h1-5,7-9H,10-11H2. The van der Waals surface area contributed by atoms with Crippen LogP contribution in [-0.4, -0.2) is 11.3 Å². The molecular weight excluding hydrogens is 562 g/mol. The van der Waals surface area contributed by atoms with Crippen LogP contribution in [0.1, 0.15) is 27.0 Å². The van der Waals surface area contributed by atoms with Crippen molar-refractivity contribution in [2.75, 3.05) is 0 Å². The van der Waals surface area contributed by atoms with Gasteiger partial charge in [-0.25, -0.2) is 0 Å². The van der Waals surface area contributed by atoms with Crippen molar-refractivity contribution in [1.29, 1.82) is 5.26 Å². The van der Waals surface area contributed by atoms with Crippen molar-refractivity contribution < 1.29 is 14.3 Å². The number of aldehydes is 1. The number of ether oxygens (including phenoxy) is 2. The number of hydrogen-bond donors (Lipinski definition) is 0. The smallest absolute Gasteiger partial charge is 0.153 e. The first-order chi connectivity index (χ1) is 14.4. The number of carbonyl (C=O) groups excluding carboxylic acids is 1. The number of aromatic nitrogens is 1. The molecule has 1 heterocycles. The summed E-state index contributed by atoms with van der Waals surface area (Å²) >= 11 is 20.7. The van der Waals surface area contributed by atoms with Crippen LogP contribution in [0.4, 0.5) is 0 Å². The van der Waals surface area contributed by atoms with Gasteiger partial charge in [0.1, 0.15) is 30.8 Å². The lowest BCUT2D eigenvalue weighted by Gasteiger charge is -2.14. The highest BCUT2D eigenvalue weighted by Gasteiger charge is 2.14. The molecule has 2 aromatic carbocycles. The summed E-state index contributed by atoms with van der Waals surface area (Å²) in [6.07, 6.45) is 3.68. The second-order valence-corrected chi connectivity index (χ2v) is 8.31. The van der Waals surface area contributed by atoms with E-state index in [-0.39, 0.29) is 23.8 Å². The second kappa shape index (κ2) is 10.3. The molecule has 1 aromatic heterocycles. The van der Waals surface area contributed by atoms with Crippen LogP contribution in [0.3, 0.4) is 0 Å². The fourth-order valence-corrected chi connectivity index (χ4v) is 3.68. The summed E-state index contributed by atoms with van der Waals surface area (Å²) in [6.45, 7) is 0.269. The molecule has 0 aliphatic heterocycles. The monoisotopic (exact) mass is 572 g/mol. The summed E-state index contributed by atoms with van der Waals surface area (Å²) in [7, 11) is 0. The molecular formula is C21H12Cl3IN2O3. The van der Waals surface area contributed by atoms with E-state index >= 15 is 0 Å². The largest absolute Gasteiger partial charge is 0.488 e. The molecule has 0 N–H and O–H groups in total. The lowest BCUT2D eigenvalue weighted by molar-refractivity contribution is 0.111. The Morgan fingerprint density at radius 2 is 1.80 bits per heavy atom. The normalized spacial score (nSPS) is 10.4. The molecule has 0 aliphatic carbocycles. The van der Waals surface area contributed by atoms with Crippen LogP contribution in [0.15, 0.2) is 42.7 Å². The van der Waals surface area contributed by atoms with Gasteiger partial charge < -0.3 is 9.47 Å². The molecule has 0 atom stereocenters. The third-order valence-corrected chi connectivity index (χ3v) is 6.81. The zero-order chi connectivity index (χ0) is 21.7. The highest BCUT2D eigenvalue weighted by molar-refractivity contribution is 14.1. The van der Waals surface area contributed by atoms with Crippen molar-refractivity contribution in [3.63, 3.8) is 0 Å². The van der Waals surface area contributed by atoms with E-state index in [0.29, 0.717) is 39.0 Å². The van der Waals surface area contributed by atoms with Crippen LogP contribution < -0.4 is 9.47 Å². The van der Waals surface area contributed by atoms with E-state index in [0.717, 1.165) is 9.13 Å². The minimum Gasteiger partial charge on any atom is -0.488 e. The summed E-state index contributed by atoms with van der Waals surface area (Å²) in [6, 6.07) is 10.2. The number of halogens is 4. The summed E-state index contributed by atoms with van der Waals surface area (Å²) in [5.41, 5.74) is 2.12. The van der Waals surface area contributed by atoms with Gasteiger partial charge in [0.15, 0.2) is 6.29 Å². The molecule has 0 unspecified atom stereocenters. The van der Waals surface area contributed by atoms with E-state index in [1.54, 1.807) is 30.5 Å². The van der Waals surface area contributed by atoms with Crippen molar-refractivity contribution in [3.8, 4) is 17.6 Å². The molecule has 0 aliphatic rings. The van der Waals surface area contributed by atoms with Crippen LogP contribution in [-0.2, 0) is 13.2 Å². The molecule has 0 bridgehead atoms. The molecule has 9 heteroatoms. The van der Waals surface area contributed by atoms with E-state index in [1.165, 1.54) is 12.3 Å². The topological polar surface area (TPSA) is 72.2 Å². The summed E-state index contributed by atoms with van der Waals surface area (Å²) in [5, 5.41) is 10.3. The zero-order valence-electron chi connectivity index (χ0n) is 15.2. The van der Waals surface area contributed by atoms with Crippen LogP contribution >= 0.6 is 57.4 Å². The summed E-state index contributed by atoms with van der Waals surface area (Å²) in [5.74, 6) is 0.630.